The van der Waals surface area contributed by atoms with E-state index in [1.165, 1.54) is 0 Å². The molecule has 0 amide bonds. The van der Waals surface area contributed by atoms with Gasteiger partial charge in [-0.3, -0.25) is 9.97 Å². The van der Waals surface area contributed by atoms with Crippen molar-refractivity contribution in [1.29, 1.82) is 5.41 Å². The standard InChI is InChI=1S/C47H35N5.C2H6/c1-32(48)9-3-2-4-14-41-26-25-39(31-51-41)40-29-44(35-21-17-33(18-22-35)42-15-5-10-37-12-7-27-49-46(37)42)52-45(30-40)36-23-19-34(20-24-36)43-16-6-11-38-13-8-28-50-47(38)43;1-2/h2-31,48,51H,1H3;1-2H3/b4-2-,9-3-,41-14+,48-32?;. The quantitative estimate of drug-likeness (QED) is 0.122. The molecule has 0 fully saturated rings. The summed E-state index contributed by atoms with van der Waals surface area (Å²) in [6.45, 7) is 5.76. The molecular weight excluding hydrogens is 659 g/mol. The number of para-hydroxylation sites is 2. The Hall–Kier alpha value is -6.98. The highest BCUT2D eigenvalue weighted by Crippen LogP contribution is 2.34. The number of hydrogen-bond acceptors (Lipinski definition) is 5. The summed E-state index contributed by atoms with van der Waals surface area (Å²) in [5.74, 6) is 0. The molecule has 0 unspecified atom stereocenters. The van der Waals surface area contributed by atoms with Crippen LogP contribution < -0.4 is 5.32 Å². The van der Waals surface area contributed by atoms with Gasteiger partial charge in [0, 0.05) is 63.0 Å². The molecule has 5 heteroatoms. The summed E-state index contributed by atoms with van der Waals surface area (Å²) in [6, 6.07) is 42.3. The Morgan fingerprint density at radius 3 is 1.59 bits per heavy atom. The first-order valence-electron chi connectivity index (χ1n) is 18.3. The van der Waals surface area contributed by atoms with Crippen LogP contribution in [0.15, 0.2) is 188 Å². The van der Waals surface area contributed by atoms with E-state index in [2.05, 4.69) is 137 Å². The van der Waals surface area contributed by atoms with E-state index in [0.29, 0.717) is 5.71 Å². The average molecular weight is 700 g/mol. The summed E-state index contributed by atoms with van der Waals surface area (Å²) in [6.07, 6.45) is 19.5. The van der Waals surface area contributed by atoms with E-state index in [1.807, 2.05) is 68.9 Å². The van der Waals surface area contributed by atoms with Crippen LogP contribution >= 0.6 is 0 Å². The summed E-state index contributed by atoms with van der Waals surface area (Å²) in [5.41, 5.74) is 13.9. The molecule has 1 aliphatic rings. The first kappa shape index (κ1) is 35.4. The minimum absolute atomic E-state index is 0.521. The fourth-order valence-corrected chi connectivity index (χ4v) is 6.45. The number of aromatic nitrogens is 3. The molecule has 0 aliphatic carbocycles. The summed E-state index contributed by atoms with van der Waals surface area (Å²) in [4.78, 5) is 14.6. The molecule has 7 aromatic rings. The van der Waals surface area contributed by atoms with E-state index in [1.54, 1.807) is 13.0 Å². The minimum Gasteiger partial charge on any atom is -0.361 e. The smallest absolute Gasteiger partial charge is 0.0780 e. The van der Waals surface area contributed by atoms with Crippen molar-refractivity contribution in [3.8, 4) is 44.8 Å². The van der Waals surface area contributed by atoms with Gasteiger partial charge in [-0.05, 0) is 71.7 Å². The van der Waals surface area contributed by atoms with Gasteiger partial charge in [-0.2, -0.15) is 0 Å². The summed E-state index contributed by atoms with van der Waals surface area (Å²) in [7, 11) is 0. The van der Waals surface area contributed by atoms with Crippen LogP contribution in [0.4, 0.5) is 0 Å². The Morgan fingerprint density at radius 1 is 0.574 bits per heavy atom. The van der Waals surface area contributed by atoms with Crippen molar-refractivity contribution in [2.75, 3.05) is 0 Å². The Kier molecular flexibility index (Phi) is 10.9. The zero-order valence-corrected chi connectivity index (χ0v) is 30.7. The van der Waals surface area contributed by atoms with Gasteiger partial charge in [-0.1, -0.05) is 135 Å². The maximum atomic E-state index is 7.54. The molecule has 54 heavy (non-hydrogen) atoms. The molecule has 0 radical (unpaired) electrons. The fourth-order valence-electron chi connectivity index (χ4n) is 6.45. The van der Waals surface area contributed by atoms with Crippen molar-refractivity contribution in [1.82, 2.24) is 20.3 Å². The van der Waals surface area contributed by atoms with Crippen LogP contribution in [0.5, 0.6) is 0 Å². The Balaban J connectivity index is 0.00000221. The first-order chi connectivity index (χ1) is 26.6. The predicted octanol–water partition coefficient (Wildman–Crippen LogP) is 12.4. The van der Waals surface area contributed by atoms with Gasteiger partial charge in [-0.15, -0.1) is 0 Å². The van der Waals surface area contributed by atoms with Crippen LogP contribution in [-0.4, -0.2) is 20.7 Å². The predicted molar refractivity (Wildman–Crippen MR) is 228 cm³/mol. The third-order valence-electron chi connectivity index (χ3n) is 9.09. The zero-order chi connectivity index (χ0) is 37.3. The van der Waals surface area contributed by atoms with Crippen molar-refractivity contribution in [2.24, 2.45) is 0 Å². The SMILES string of the molecule is CC.CC(=N)\C=C/C=C\C=C1/C=CC(c2cc(-c3ccc(-c4cccc5cccnc45)cc3)nc(-c3ccc(-c4cccc5cccnc45)cc3)c2)=CN1. The molecule has 0 bridgehead atoms. The number of hydrogen-bond donors (Lipinski definition) is 2. The largest absolute Gasteiger partial charge is 0.361 e. The molecule has 3 aromatic heterocycles. The maximum absolute atomic E-state index is 7.54. The molecule has 0 saturated carbocycles. The van der Waals surface area contributed by atoms with E-state index in [4.69, 9.17) is 10.4 Å². The van der Waals surface area contributed by atoms with Gasteiger partial charge in [0.2, 0.25) is 0 Å². The Bertz CT molecular complexity index is 2450. The number of rotatable bonds is 8. The van der Waals surface area contributed by atoms with Crippen LogP contribution in [0.25, 0.3) is 72.1 Å². The molecule has 1 aliphatic heterocycles. The van der Waals surface area contributed by atoms with Crippen LogP contribution in [0.1, 0.15) is 26.3 Å². The van der Waals surface area contributed by atoms with E-state index in [-0.39, 0.29) is 0 Å². The Morgan fingerprint density at radius 2 is 1.09 bits per heavy atom. The van der Waals surface area contributed by atoms with Crippen molar-refractivity contribution in [3.63, 3.8) is 0 Å². The second-order valence-electron chi connectivity index (χ2n) is 12.7. The van der Waals surface area contributed by atoms with Crippen LogP contribution in [-0.2, 0) is 0 Å². The third-order valence-corrected chi connectivity index (χ3v) is 9.09. The maximum Gasteiger partial charge on any atom is 0.0780 e. The number of pyridine rings is 3. The van der Waals surface area contributed by atoms with E-state index in [0.717, 1.165) is 83.4 Å². The van der Waals surface area contributed by atoms with Crippen molar-refractivity contribution in [3.05, 3.63) is 194 Å². The summed E-state index contributed by atoms with van der Waals surface area (Å²) >= 11 is 0. The molecule has 8 rings (SSSR count). The number of nitrogens with zero attached hydrogens (tertiary/aromatic N) is 3. The topological polar surface area (TPSA) is 74.5 Å². The molecule has 4 aromatic carbocycles. The second-order valence-corrected chi connectivity index (χ2v) is 12.7. The number of fused-ring (bicyclic) bond motifs is 2. The molecule has 5 nitrogen and oxygen atoms in total. The number of allylic oxidation sites excluding steroid dienone is 8. The molecule has 4 heterocycles. The summed E-state index contributed by atoms with van der Waals surface area (Å²) < 4.78 is 0. The lowest BCUT2D eigenvalue weighted by atomic mass is 9.96. The van der Waals surface area contributed by atoms with Gasteiger partial charge in [0.05, 0.1) is 22.4 Å². The van der Waals surface area contributed by atoms with Gasteiger partial charge < -0.3 is 10.7 Å². The first-order valence-corrected chi connectivity index (χ1v) is 18.3. The minimum atomic E-state index is 0.521. The zero-order valence-electron chi connectivity index (χ0n) is 30.7. The number of dihydropyridines is 1. The van der Waals surface area contributed by atoms with Crippen LogP contribution in [0.2, 0.25) is 0 Å². The lowest BCUT2D eigenvalue weighted by Gasteiger charge is -2.15. The molecule has 0 saturated heterocycles. The molecule has 0 spiro atoms. The second kappa shape index (κ2) is 16.6. The molecular formula is C49H41N5. The average Bonchev–Trinajstić information content (AvgIpc) is 3.24. The van der Waals surface area contributed by atoms with Crippen molar-refractivity contribution >= 4 is 33.1 Å². The van der Waals surface area contributed by atoms with Gasteiger partial charge in [0.25, 0.3) is 0 Å². The fraction of sp³-hybridized carbons (Fsp3) is 0.0612. The van der Waals surface area contributed by atoms with Gasteiger partial charge in [0.15, 0.2) is 0 Å². The lowest BCUT2D eigenvalue weighted by Crippen LogP contribution is -2.07. The number of benzene rings is 4. The van der Waals surface area contributed by atoms with Crippen LogP contribution in [0, 0.1) is 5.41 Å². The molecule has 262 valence electrons. The van der Waals surface area contributed by atoms with Gasteiger partial charge in [0.1, 0.15) is 0 Å². The number of nitrogens with one attached hydrogen (secondary N) is 2. The highest BCUT2D eigenvalue weighted by atomic mass is 14.9. The highest BCUT2D eigenvalue weighted by Gasteiger charge is 2.13. The van der Waals surface area contributed by atoms with Crippen LogP contribution in [0.3, 0.4) is 0 Å². The van der Waals surface area contributed by atoms with E-state index < -0.39 is 0 Å². The summed E-state index contributed by atoms with van der Waals surface area (Å²) in [5, 5.41) is 13.2. The molecule has 2 N–H and O–H groups in total. The van der Waals surface area contributed by atoms with E-state index >= 15 is 0 Å². The molecule has 0 atom stereocenters. The Labute approximate surface area is 317 Å². The third kappa shape index (κ3) is 7.91. The lowest BCUT2D eigenvalue weighted by molar-refractivity contribution is 1.10. The van der Waals surface area contributed by atoms with Crippen molar-refractivity contribution < 1.29 is 0 Å². The van der Waals surface area contributed by atoms with Gasteiger partial charge in [-0.25, -0.2) is 4.98 Å². The van der Waals surface area contributed by atoms with Gasteiger partial charge >= 0.3 is 0 Å². The normalized spacial score (nSPS) is 13.2. The van der Waals surface area contributed by atoms with Crippen molar-refractivity contribution in [2.45, 2.75) is 20.8 Å². The highest BCUT2D eigenvalue weighted by molar-refractivity contribution is 5.95. The van der Waals surface area contributed by atoms with E-state index in [9.17, 15) is 0 Å². The monoisotopic (exact) mass is 699 g/mol.